The molecular formula is C14H26N4. The monoisotopic (exact) mass is 250 g/mol. The molecule has 1 aromatic heterocycles. The number of hydrogen-bond donors (Lipinski definition) is 1. The number of anilines is 1. The summed E-state index contributed by atoms with van der Waals surface area (Å²) in [7, 11) is 6.33. The van der Waals surface area contributed by atoms with Crippen LogP contribution in [0, 0.1) is 0 Å². The lowest BCUT2D eigenvalue weighted by molar-refractivity contribution is 0.416. The number of nitrogens with zero attached hydrogens (tertiary/aromatic N) is 3. The molecule has 1 rings (SSSR count). The Hall–Kier alpha value is -1.13. The quantitative estimate of drug-likeness (QED) is 0.796. The summed E-state index contributed by atoms with van der Waals surface area (Å²) in [4.78, 5) is 8.71. The van der Waals surface area contributed by atoms with Crippen LogP contribution in [0.5, 0.6) is 0 Å². The highest BCUT2D eigenvalue weighted by Crippen LogP contribution is 2.17. The molecule has 0 fully saturated rings. The molecule has 4 heteroatoms. The van der Waals surface area contributed by atoms with Crippen LogP contribution >= 0.6 is 0 Å². The van der Waals surface area contributed by atoms with Gasteiger partial charge in [0.25, 0.3) is 0 Å². The van der Waals surface area contributed by atoms with Gasteiger partial charge in [-0.05, 0) is 20.2 Å². The van der Waals surface area contributed by atoms with Crippen molar-refractivity contribution in [2.75, 3.05) is 39.1 Å². The van der Waals surface area contributed by atoms with Gasteiger partial charge in [0.1, 0.15) is 0 Å². The van der Waals surface area contributed by atoms with E-state index in [4.69, 9.17) is 0 Å². The predicted molar refractivity (Wildman–Crippen MR) is 78.0 cm³/mol. The SMILES string of the molecule is CC(C)NCc1cnccc1N(C)CCN(C)C. The van der Waals surface area contributed by atoms with Gasteiger partial charge in [0.15, 0.2) is 0 Å². The van der Waals surface area contributed by atoms with Gasteiger partial charge in [0.05, 0.1) is 0 Å². The summed E-state index contributed by atoms with van der Waals surface area (Å²) < 4.78 is 0. The van der Waals surface area contributed by atoms with Crippen molar-refractivity contribution in [3.63, 3.8) is 0 Å². The zero-order valence-electron chi connectivity index (χ0n) is 12.3. The molecule has 0 radical (unpaired) electrons. The minimum atomic E-state index is 0.491. The third kappa shape index (κ3) is 5.02. The smallest absolute Gasteiger partial charge is 0.0440 e. The highest BCUT2D eigenvalue weighted by Gasteiger charge is 2.07. The second-order valence-corrected chi connectivity index (χ2v) is 5.26. The predicted octanol–water partition coefficient (Wildman–Crippen LogP) is 1.58. The second kappa shape index (κ2) is 7.34. The Morgan fingerprint density at radius 2 is 1.94 bits per heavy atom. The highest BCUT2D eigenvalue weighted by atomic mass is 15.2. The van der Waals surface area contributed by atoms with E-state index in [0.717, 1.165) is 19.6 Å². The molecule has 0 saturated carbocycles. The van der Waals surface area contributed by atoms with E-state index in [0.29, 0.717) is 6.04 Å². The lowest BCUT2D eigenvalue weighted by Crippen LogP contribution is -2.30. The maximum atomic E-state index is 4.22. The van der Waals surface area contributed by atoms with E-state index in [1.807, 2.05) is 12.4 Å². The van der Waals surface area contributed by atoms with E-state index in [2.05, 4.69) is 61.2 Å². The average molecular weight is 250 g/mol. The number of likely N-dealkylation sites (N-methyl/N-ethyl adjacent to an activating group) is 2. The van der Waals surface area contributed by atoms with Crippen LogP contribution in [0.4, 0.5) is 5.69 Å². The van der Waals surface area contributed by atoms with Crippen molar-refractivity contribution in [1.82, 2.24) is 15.2 Å². The molecule has 1 N–H and O–H groups in total. The Labute approximate surface area is 111 Å². The first-order valence-corrected chi connectivity index (χ1v) is 6.53. The Morgan fingerprint density at radius 1 is 1.22 bits per heavy atom. The van der Waals surface area contributed by atoms with Crippen molar-refractivity contribution in [3.05, 3.63) is 24.0 Å². The average Bonchev–Trinajstić information content (AvgIpc) is 2.33. The fourth-order valence-corrected chi connectivity index (χ4v) is 1.71. The van der Waals surface area contributed by atoms with Crippen molar-refractivity contribution in [1.29, 1.82) is 0 Å². The molecule has 0 unspecified atom stereocenters. The highest BCUT2D eigenvalue weighted by molar-refractivity contribution is 5.51. The van der Waals surface area contributed by atoms with Gasteiger partial charge in [0.2, 0.25) is 0 Å². The summed E-state index contributed by atoms with van der Waals surface area (Å²) in [6.07, 6.45) is 3.82. The molecule has 4 nitrogen and oxygen atoms in total. The molecule has 0 bridgehead atoms. The summed E-state index contributed by atoms with van der Waals surface area (Å²) >= 11 is 0. The van der Waals surface area contributed by atoms with Crippen LogP contribution in [-0.4, -0.2) is 50.2 Å². The number of rotatable bonds is 7. The molecule has 18 heavy (non-hydrogen) atoms. The molecule has 102 valence electrons. The third-order valence-electron chi connectivity index (χ3n) is 2.87. The van der Waals surface area contributed by atoms with E-state index in [9.17, 15) is 0 Å². The first-order chi connectivity index (χ1) is 8.50. The Kier molecular flexibility index (Phi) is 6.09. The van der Waals surface area contributed by atoms with Gasteiger partial charge >= 0.3 is 0 Å². The summed E-state index contributed by atoms with van der Waals surface area (Å²) in [5, 5.41) is 3.44. The first kappa shape index (κ1) is 14.9. The summed E-state index contributed by atoms with van der Waals surface area (Å²) in [6.45, 7) is 7.26. The van der Waals surface area contributed by atoms with Gasteiger partial charge in [-0.1, -0.05) is 13.8 Å². The molecule has 0 aliphatic heterocycles. The van der Waals surface area contributed by atoms with Crippen LogP contribution in [0.2, 0.25) is 0 Å². The molecule has 0 aromatic carbocycles. The van der Waals surface area contributed by atoms with Crippen LogP contribution in [-0.2, 0) is 6.54 Å². The van der Waals surface area contributed by atoms with E-state index >= 15 is 0 Å². The van der Waals surface area contributed by atoms with Crippen LogP contribution in [0.25, 0.3) is 0 Å². The molecule has 1 heterocycles. The zero-order valence-corrected chi connectivity index (χ0v) is 12.3. The van der Waals surface area contributed by atoms with Crippen molar-refractivity contribution >= 4 is 5.69 Å². The summed E-state index contributed by atoms with van der Waals surface area (Å²) in [5.74, 6) is 0. The summed E-state index contributed by atoms with van der Waals surface area (Å²) in [5.41, 5.74) is 2.52. The third-order valence-corrected chi connectivity index (χ3v) is 2.87. The van der Waals surface area contributed by atoms with Gasteiger partial charge < -0.3 is 15.1 Å². The Balaban J connectivity index is 2.68. The minimum Gasteiger partial charge on any atom is -0.373 e. The fraction of sp³-hybridized carbons (Fsp3) is 0.643. The van der Waals surface area contributed by atoms with E-state index in [1.165, 1.54) is 11.3 Å². The van der Waals surface area contributed by atoms with Gasteiger partial charge in [-0.15, -0.1) is 0 Å². The van der Waals surface area contributed by atoms with E-state index in [1.54, 1.807) is 0 Å². The number of hydrogen-bond acceptors (Lipinski definition) is 4. The molecule has 0 aliphatic rings. The zero-order chi connectivity index (χ0) is 13.5. The van der Waals surface area contributed by atoms with Crippen LogP contribution < -0.4 is 10.2 Å². The molecule has 1 aromatic rings. The van der Waals surface area contributed by atoms with Crippen LogP contribution in [0.3, 0.4) is 0 Å². The van der Waals surface area contributed by atoms with Crippen molar-refractivity contribution in [3.8, 4) is 0 Å². The first-order valence-electron chi connectivity index (χ1n) is 6.53. The molecule has 0 amide bonds. The maximum Gasteiger partial charge on any atom is 0.0440 e. The normalized spacial score (nSPS) is 11.3. The number of aromatic nitrogens is 1. The van der Waals surface area contributed by atoms with Crippen LogP contribution in [0.15, 0.2) is 18.5 Å². The van der Waals surface area contributed by atoms with Crippen molar-refractivity contribution in [2.24, 2.45) is 0 Å². The van der Waals surface area contributed by atoms with Gasteiger partial charge in [-0.2, -0.15) is 0 Å². The number of pyridine rings is 1. The Morgan fingerprint density at radius 3 is 2.56 bits per heavy atom. The van der Waals surface area contributed by atoms with Crippen molar-refractivity contribution < 1.29 is 0 Å². The molecule has 0 atom stereocenters. The number of nitrogens with one attached hydrogen (secondary N) is 1. The van der Waals surface area contributed by atoms with E-state index in [-0.39, 0.29) is 0 Å². The lowest BCUT2D eigenvalue weighted by atomic mass is 10.2. The second-order valence-electron chi connectivity index (χ2n) is 5.26. The van der Waals surface area contributed by atoms with Crippen molar-refractivity contribution in [2.45, 2.75) is 26.4 Å². The van der Waals surface area contributed by atoms with Gasteiger partial charge in [-0.3, -0.25) is 4.98 Å². The topological polar surface area (TPSA) is 31.4 Å². The van der Waals surface area contributed by atoms with Gasteiger partial charge in [0, 0.05) is 56.4 Å². The summed E-state index contributed by atoms with van der Waals surface area (Å²) in [6, 6.07) is 2.58. The van der Waals surface area contributed by atoms with Gasteiger partial charge in [-0.25, -0.2) is 0 Å². The lowest BCUT2D eigenvalue weighted by Gasteiger charge is -2.24. The minimum absolute atomic E-state index is 0.491. The van der Waals surface area contributed by atoms with Crippen LogP contribution in [0.1, 0.15) is 19.4 Å². The molecule has 0 aliphatic carbocycles. The fourth-order valence-electron chi connectivity index (χ4n) is 1.71. The largest absolute Gasteiger partial charge is 0.373 e. The Bertz CT molecular complexity index is 349. The molecule has 0 saturated heterocycles. The standard InChI is InChI=1S/C14H26N4/c1-12(2)16-11-13-10-15-7-6-14(13)18(5)9-8-17(3)4/h6-7,10,12,16H,8-9,11H2,1-5H3. The molecular weight excluding hydrogens is 224 g/mol. The maximum absolute atomic E-state index is 4.22. The molecule has 0 spiro atoms. The van der Waals surface area contributed by atoms with E-state index < -0.39 is 0 Å².